The largest absolute Gasteiger partial charge is 0.493 e. The van der Waals surface area contributed by atoms with Crippen LogP contribution in [0.3, 0.4) is 0 Å². The lowest BCUT2D eigenvalue weighted by molar-refractivity contribution is -0.169. The summed E-state index contributed by atoms with van der Waals surface area (Å²) in [6.45, 7) is 8.94. The summed E-state index contributed by atoms with van der Waals surface area (Å²) in [5.74, 6) is 0.339. The molecule has 1 atom stereocenters. The molecule has 0 radical (unpaired) electrons. The number of piperidine rings is 1. The van der Waals surface area contributed by atoms with Gasteiger partial charge in [0.25, 0.3) is 0 Å². The Balaban J connectivity index is 1.26. The zero-order valence-electron chi connectivity index (χ0n) is 20.3. The van der Waals surface area contributed by atoms with Crippen LogP contribution in [0.4, 0.5) is 11.4 Å². The van der Waals surface area contributed by atoms with E-state index in [-0.39, 0.29) is 17.7 Å². The third kappa shape index (κ3) is 4.46. The number of benzene rings is 2. The van der Waals surface area contributed by atoms with Crippen LogP contribution in [0.25, 0.3) is 0 Å². The third-order valence-electron chi connectivity index (χ3n) is 7.42. The Labute approximate surface area is 201 Å². The zero-order chi connectivity index (χ0) is 23.7. The van der Waals surface area contributed by atoms with E-state index in [1.165, 1.54) is 29.5 Å². The number of hydrogen-bond acceptors (Lipinski definition) is 7. The highest BCUT2D eigenvalue weighted by Gasteiger charge is 2.40. The fourth-order valence-electron chi connectivity index (χ4n) is 5.45. The van der Waals surface area contributed by atoms with E-state index in [1.54, 1.807) is 0 Å². The first-order chi connectivity index (χ1) is 16.5. The molecule has 2 saturated heterocycles. The second kappa shape index (κ2) is 9.47. The lowest BCUT2D eigenvalue weighted by atomic mass is 9.97. The molecular weight excluding hydrogens is 432 g/mol. The second-order valence-corrected chi connectivity index (χ2v) is 9.50. The summed E-state index contributed by atoms with van der Waals surface area (Å²) < 4.78 is 22.5. The number of nitrogens with one attached hydrogen (secondary N) is 1. The Bertz CT molecular complexity index is 1050. The van der Waals surface area contributed by atoms with Crippen molar-refractivity contribution in [3.63, 3.8) is 0 Å². The fraction of sp³-hybridized carbons (Fsp3) is 0.519. The lowest BCUT2D eigenvalue weighted by Gasteiger charge is -2.40. The summed E-state index contributed by atoms with van der Waals surface area (Å²) in [7, 11) is 1.42. The molecule has 5 rings (SSSR count). The van der Waals surface area contributed by atoms with Crippen LogP contribution in [0.2, 0.25) is 0 Å². The van der Waals surface area contributed by atoms with Crippen molar-refractivity contribution < 1.29 is 23.7 Å². The molecule has 0 aromatic heterocycles. The van der Waals surface area contributed by atoms with Gasteiger partial charge >= 0.3 is 5.97 Å². The molecule has 34 heavy (non-hydrogen) atoms. The Hall–Kier alpha value is -2.77. The van der Waals surface area contributed by atoms with Gasteiger partial charge in [0, 0.05) is 61.4 Å². The van der Waals surface area contributed by atoms with Crippen molar-refractivity contribution in [2.75, 3.05) is 50.2 Å². The molecule has 1 spiro atoms. The van der Waals surface area contributed by atoms with Gasteiger partial charge in [0.05, 0.1) is 33.4 Å². The first-order valence-electron chi connectivity index (χ1n) is 12.2. The second-order valence-electron chi connectivity index (χ2n) is 9.50. The highest BCUT2D eigenvalue weighted by molar-refractivity contribution is 5.71. The highest BCUT2D eigenvalue weighted by Crippen LogP contribution is 2.39. The predicted octanol–water partition coefficient (Wildman–Crippen LogP) is 4.30. The molecule has 182 valence electrons. The predicted molar refractivity (Wildman–Crippen MR) is 131 cm³/mol. The summed E-state index contributed by atoms with van der Waals surface area (Å²) in [4.78, 5) is 14.1. The van der Waals surface area contributed by atoms with Crippen molar-refractivity contribution in [3.8, 4) is 5.75 Å². The van der Waals surface area contributed by atoms with Crippen LogP contribution in [0.1, 0.15) is 47.4 Å². The molecule has 1 N–H and O–H groups in total. The van der Waals surface area contributed by atoms with E-state index in [0.29, 0.717) is 26.2 Å². The van der Waals surface area contributed by atoms with Crippen LogP contribution < -0.4 is 15.0 Å². The molecule has 7 heteroatoms. The van der Waals surface area contributed by atoms with Gasteiger partial charge in [0.1, 0.15) is 5.75 Å². The quantitative estimate of drug-likeness (QED) is 0.637. The number of aryl methyl sites for hydroxylation is 1. The van der Waals surface area contributed by atoms with Crippen LogP contribution >= 0.6 is 0 Å². The van der Waals surface area contributed by atoms with Crippen molar-refractivity contribution in [3.05, 3.63) is 52.6 Å². The number of nitrogens with zero attached hydrogens (tertiary/aromatic N) is 1. The van der Waals surface area contributed by atoms with E-state index < -0.39 is 0 Å². The van der Waals surface area contributed by atoms with Gasteiger partial charge in [-0.1, -0.05) is 18.2 Å². The van der Waals surface area contributed by atoms with Crippen molar-refractivity contribution in [2.24, 2.45) is 0 Å². The average molecular weight is 467 g/mol. The van der Waals surface area contributed by atoms with Gasteiger partial charge in [-0.2, -0.15) is 0 Å². The van der Waals surface area contributed by atoms with E-state index >= 15 is 0 Å². The first kappa shape index (κ1) is 23.0. The van der Waals surface area contributed by atoms with Crippen molar-refractivity contribution in [2.45, 2.75) is 51.4 Å². The van der Waals surface area contributed by atoms with Gasteiger partial charge in [0.2, 0.25) is 0 Å². The molecule has 0 aliphatic carbocycles. The number of hydrogen-bond donors (Lipinski definition) is 1. The standard InChI is InChI=1S/C27H34N2O5/c1-18-4-5-20(19(2)26(18)29-10-8-27(9-11-29)33-12-13-34-27)16-28-22-6-7-23-21(14-25(30)31-3)17-32-24(23)15-22/h4-7,15,21,28H,8-14,16-17H2,1-3H3. The molecular formula is C27H34N2O5. The lowest BCUT2D eigenvalue weighted by Crippen LogP contribution is -2.45. The van der Waals surface area contributed by atoms with Crippen LogP contribution in [-0.2, 0) is 25.5 Å². The normalized spacial score (nSPS) is 20.8. The van der Waals surface area contributed by atoms with Crippen molar-refractivity contribution in [1.29, 1.82) is 0 Å². The summed E-state index contributed by atoms with van der Waals surface area (Å²) in [5, 5.41) is 3.56. The Morgan fingerprint density at radius 1 is 1.15 bits per heavy atom. The molecule has 0 saturated carbocycles. The molecule has 0 amide bonds. The highest BCUT2D eigenvalue weighted by atomic mass is 16.7. The molecule has 2 aromatic rings. The third-order valence-corrected chi connectivity index (χ3v) is 7.42. The fourth-order valence-corrected chi connectivity index (χ4v) is 5.45. The van der Waals surface area contributed by atoms with E-state index in [9.17, 15) is 4.79 Å². The van der Waals surface area contributed by atoms with Crippen LogP contribution in [0.15, 0.2) is 30.3 Å². The maximum atomic E-state index is 11.7. The van der Waals surface area contributed by atoms with Gasteiger partial charge in [-0.25, -0.2) is 0 Å². The zero-order valence-corrected chi connectivity index (χ0v) is 20.3. The minimum atomic E-state index is -0.358. The SMILES string of the molecule is COC(=O)CC1COc2cc(NCc3ccc(C)c(N4CCC5(CC4)OCCO5)c3C)ccc21. The first-order valence-corrected chi connectivity index (χ1v) is 12.2. The maximum Gasteiger partial charge on any atom is 0.306 e. The summed E-state index contributed by atoms with van der Waals surface area (Å²) in [5.41, 5.74) is 7.30. The minimum Gasteiger partial charge on any atom is -0.493 e. The number of anilines is 2. The minimum absolute atomic E-state index is 0.0575. The molecule has 7 nitrogen and oxygen atoms in total. The number of rotatable bonds is 6. The van der Waals surface area contributed by atoms with Crippen LogP contribution in [-0.4, -0.2) is 51.8 Å². The van der Waals surface area contributed by atoms with Gasteiger partial charge in [-0.15, -0.1) is 0 Å². The molecule has 2 fully saturated rings. The number of esters is 1. The topological polar surface area (TPSA) is 69.3 Å². The average Bonchev–Trinajstić information content (AvgIpc) is 3.47. The molecule has 3 aliphatic heterocycles. The van der Waals surface area contributed by atoms with Crippen LogP contribution in [0.5, 0.6) is 5.75 Å². The Morgan fingerprint density at radius 2 is 1.91 bits per heavy atom. The van der Waals surface area contributed by atoms with Gasteiger partial charge in [-0.05, 0) is 36.6 Å². The Kier molecular flexibility index (Phi) is 6.40. The summed E-state index contributed by atoms with van der Waals surface area (Å²) in [6, 6.07) is 10.6. The molecule has 2 aromatic carbocycles. The van der Waals surface area contributed by atoms with Crippen molar-refractivity contribution >= 4 is 17.3 Å². The van der Waals surface area contributed by atoms with E-state index in [4.69, 9.17) is 18.9 Å². The van der Waals surface area contributed by atoms with Gasteiger partial charge in [0.15, 0.2) is 5.79 Å². The number of carbonyl (C=O) groups is 1. The number of carbonyl (C=O) groups excluding carboxylic acids is 1. The molecule has 0 bridgehead atoms. The molecule has 1 unspecified atom stereocenters. The van der Waals surface area contributed by atoms with E-state index in [2.05, 4.69) is 48.3 Å². The monoisotopic (exact) mass is 466 g/mol. The smallest absolute Gasteiger partial charge is 0.306 e. The van der Waals surface area contributed by atoms with Gasteiger partial charge < -0.3 is 29.2 Å². The Morgan fingerprint density at radius 3 is 2.65 bits per heavy atom. The van der Waals surface area contributed by atoms with Crippen molar-refractivity contribution in [1.82, 2.24) is 0 Å². The molecule has 3 heterocycles. The maximum absolute atomic E-state index is 11.7. The molecule has 3 aliphatic rings. The van der Waals surface area contributed by atoms with Crippen LogP contribution in [0, 0.1) is 13.8 Å². The number of methoxy groups -OCH3 is 1. The number of fused-ring (bicyclic) bond motifs is 1. The van der Waals surface area contributed by atoms with E-state index in [0.717, 1.165) is 49.5 Å². The summed E-state index contributed by atoms with van der Waals surface area (Å²) >= 11 is 0. The number of ether oxygens (including phenoxy) is 4. The van der Waals surface area contributed by atoms with E-state index in [1.807, 2.05) is 6.07 Å². The summed E-state index contributed by atoms with van der Waals surface area (Å²) in [6.07, 6.45) is 2.15. The van der Waals surface area contributed by atoms with Gasteiger partial charge in [-0.3, -0.25) is 4.79 Å².